The molecule has 4 rings (SSSR count). The third kappa shape index (κ3) is 4.67. The Morgan fingerprint density at radius 3 is 2.43 bits per heavy atom. The second-order valence-corrected chi connectivity index (χ2v) is 10.5. The Balaban J connectivity index is 1.40. The van der Waals surface area contributed by atoms with Gasteiger partial charge >= 0.3 is 0 Å². The number of amides is 2. The van der Waals surface area contributed by atoms with E-state index in [0.29, 0.717) is 17.8 Å². The van der Waals surface area contributed by atoms with Gasteiger partial charge in [0.1, 0.15) is 5.54 Å². The molecular weight excluding hydrogens is 376 g/mol. The first kappa shape index (κ1) is 21.6. The first-order valence-electron chi connectivity index (χ1n) is 12.4. The van der Waals surface area contributed by atoms with E-state index in [1.54, 1.807) is 11.9 Å². The van der Waals surface area contributed by atoms with Crippen LogP contribution >= 0.6 is 0 Å². The SMILES string of the molecule is CN1C(=O)[C@@](CCC2CCCCC2)(C[C@H]2CCCC(C[C@H]3CCNC3=O)C2)N=C1N. The van der Waals surface area contributed by atoms with E-state index in [2.05, 4.69) is 5.32 Å². The van der Waals surface area contributed by atoms with Crippen molar-refractivity contribution in [2.24, 2.45) is 34.4 Å². The summed E-state index contributed by atoms with van der Waals surface area (Å²) < 4.78 is 0. The maximum Gasteiger partial charge on any atom is 0.257 e. The normalized spacial score (nSPS) is 35.6. The van der Waals surface area contributed by atoms with Crippen LogP contribution in [0.1, 0.15) is 89.9 Å². The molecule has 0 aromatic carbocycles. The molecule has 3 fully saturated rings. The van der Waals surface area contributed by atoms with Crippen LogP contribution in [0.25, 0.3) is 0 Å². The number of likely N-dealkylation sites (N-methyl/N-ethyl adjacent to an activating group) is 1. The molecule has 0 radical (unpaired) electrons. The summed E-state index contributed by atoms with van der Waals surface area (Å²) >= 11 is 0. The zero-order valence-corrected chi connectivity index (χ0v) is 18.7. The summed E-state index contributed by atoms with van der Waals surface area (Å²) in [5, 5.41) is 2.98. The fraction of sp³-hybridized carbons (Fsp3) is 0.875. The van der Waals surface area contributed by atoms with E-state index in [-0.39, 0.29) is 17.7 Å². The fourth-order valence-electron chi connectivity index (χ4n) is 6.63. The predicted octanol–water partition coefficient (Wildman–Crippen LogP) is 3.60. The van der Waals surface area contributed by atoms with E-state index in [1.807, 2.05) is 0 Å². The lowest BCUT2D eigenvalue weighted by Gasteiger charge is -2.36. The van der Waals surface area contributed by atoms with Crippen molar-refractivity contribution in [1.82, 2.24) is 10.2 Å². The molecule has 1 unspecified atom stereocenters. The van der Waals surface area contributed by atoms with Crippen LogP contribution in [-0.4, -0.2) is 41.8 Å². The van der Waals surface area contributed by atoms with Gasteiger partial charge in [-0.15, -0.1) is 0 Å². The minimum atomic E-state index is -0.645. The summed E-state index contributed by atoms with van der Waals surface area (Å²) in [4.78, 5) is 31.7. The molecule has 2 heterocycles. The average molecular weight is 417 g/mol. The number of hydrogen-bond acceptors (Lipinski definition) is 4. The molecule has 168 valence electrons. The molecule has 3 N–H and O–H groups in total. The molecule has 0 aromatic rings. The van der Waals surface area contributed by atoms with E-state index >= 15 is 0 Å². The fourth-order valence-corrected chi connectivity index (χ4v) is 6.63. The summed E-state index contributed by atoms with van der Waals surface area (Å²) in [5.41, 5.74) is 5.47. The number of carbonyl (C=O) groups is 2. The second-order valence-electron chi connectivity index (χ2n) is 10.5. The van der Waals surface area contributed by atoms with Crippen molar-refractivity contribution in [3.63, 3.8) is 0 Å². The van der Waals surface area contributed by atoms with Gasteiger partial charge in [0.15, 0.2) is 5.96 Å². The van der Waals surface area contributed by atoms with Crippen molar-refractivity contribution in [2.75, 3.05) is 13.6 Å². The van der Waals surface area contributed by atoms with Gasteiger partial charge in [-0.25, -0.2) is 4.99 Å². The molecule has 2 aliphatic heterocycles. The molecule has 1 saturated heterocycles. The largest absolute Gasteiger partial charge is 0.369 e. The summed E-state index contributed by atoms with van der Waals surface area (Å²) in [6, 6.07) is 0. The number of hydrogen-bond donors (Lipinski definition) is 2. The highest BCUT2D eigenvalue weighted by atomic mass is 16.2. The Kier molecular flexibility index (Phi) is 6.69. The number of nitrogens with two attached hydrogens (primary N) is 1. The predicted molar refractivity (Wildman–Crippen MR) is 119 cm³/mol. The zero-order chi connectivity index (χ0) is 21.1. The Morgan fingerprint density at radius 2 is 1.77 bits per heavy atom. The minimum absolute atomic E-state index is 0.105. The Morgan fingerprint density at radius 1 is 1.03 bits per heavy atom. The quantitative estimate of drug-likeness (QED) is 0.665. The van der Waals surface area contributed by atoms with Gasteiger partial charge in [-0.2, -0.15) is 0 Å². The summed E-state index contributed by atoms with van der Waals surface area (Å²) in [6.45, 7) is 0.832. The monoisotopic (exact) mass is 416 g/mol. The van der Waals surface area contributed by atoms with Gasteiger partial charge in [0.25, 0.3) is 5.91 Å². The molecular formula is C24H40N4O2. The number of aliphatic imine (C=N–C) groups is 1. The highest BCUT2D eigenvalue weighted by Gasteiger charge is 2.48. The van der Waals surface area contributed by atoms with Crippen LogP contribution < -0.4 is 11.1 Å². The minimum Gasteiger partial charge on any atom is -0.369 e. The van der Waals surface area contributed by atoms with Crippen molar-refractivity contribution in [3.8, 4) is 0 Å². The lowest BCUT2D eigenvalue weighted by molar-refractivity contribution is -0.131. The van der Waals surface area contributed by atoms with Crippen LogP contribution in [0, 0.1) is 23.7 Å². The molecule has 2 aliphatic carbocycles. The van der Waals surface area contributed by atoms with Gasteiger partial charge in [-0.1, -0.05) is 51.4 Å². The summed E-state index contributed by atoms with van der Waals surface area (Å²) in [7, 11) is 1.77. The van der Waals surface area contributed by atoms with Crippen molar-refractivity contribution < 1.29 is 9.59 Å². The second kappa shape index (κ2) is 9.27. The topological polar surface area (TPSA) is 87.8 Å². The van der Waals surface area contributed by atoms with E-state index in [4.69, 9.17) is 10.7 Å². The Labute approximate surface area is 181 Å². The Bertz CT molecular complexity index is 672. The zero-order valence-electron chi connectivity index (χ0n) is 18.7. The summed E-state index contributed by atoms with van der Waals surface area (Å²) in [5.74, 6) is 2.78. The maximum atomic E-state index is 13.3. The van der Waals surface area contributed by atoms with Gasteiger partial charge in [-0.3, -0.25) is 14.5 Å². The lowest BCUT2D eigenvalue weighted by Crippen LogP contribution is -2.44. The number of rotatable bonds is 7. The number of guanidine groups is 1. The standard InChI is InChI=1S/C24H40N4O2/c1-28-22(30)24(27-23(28)25,12-10-17-6-3-2-4-7-17)16-19-9-5-8-18(14-19)15-20-11-13-26-21(20)29/h17-20H,2-16H2,1H3,(H2,25,27)(H,26,29)/t18?,19-,20+,24+/m0/s1. The van der Waals surface area contributed by atoms with Crippen molar-refractivity contribution >= 4 is 17.8 Å². The molecule has 30 heavy (non-hydrogen) atoms. The molecule has 0 aromatic heterocycles. The van der Waals surface area contributed by atoms with E-state index < -0.39 is 5.54 Å². The van der Waals surface area contributed by atoms with Crippen LogP contribution in [0.4, 0.5) is 0 Å². The number of nitrogens with one attached hydrogen (secondary N) is 1. The van der Waals surface area contributed by atoms with Crippen molar-refractivity contribution in [3.05, 3.63) is 0 Å². The maximum absolute atomic E-state index is 13.3. The van der Waals surface area contributed by atoms with E-state index in [1.165, 1.54) is 51.4 Å². The van der Waals surface area contributed by atoms with Crippen LogP contribution in [0.3, 0.4) is 0 Å². The summed E-state index contributed by atoms with van der Waals surface area (Å²) in [6.07, 6.45) is 16.1. The van der Waals surface area contributed by atoms with E-state index in [0.717, 1.165) is 51.0 Å². The van der Waals surface area contributed by atoms with Gasteiger partial charge < -0.3 is 11.1 Å². The van der Waals surface area contributed by atoms with Crippen molar-refractivity contribution in [2.45, 2.75) is 95.4 Å². The van der Waals surface area contributed by atoms with Crippen LogP contribution in [0.5, 0.6) is 0 Å². The molecule has 6 nitrogen and oxygen atoms in total. The number of nitrogens with zero attached hydrogens (tertiary/aromatic N) is 2. The van der Waals surface area contributed by atoms with E-state index in [9.17, 15) is 9.59 Å². The molecule has 0 bridgehead atoms. The van der Waals surface area contributed by atoms with Gasteiger partial charge in [-0.05, 0) is 56.3 Å². The first-order chi connectivity index (χ1) is 14.5. The Hall–Kier alpha value is -1.59. The van der Waals surface area contributed by atoms with Crippen molar-refractivity contribution in [1.29, 1.82) is 0 Å². The molecule has 2 saturated carbocycles. The van der Waals surface area contributed by atoms with Gasteiger partial charge in [0.2, 0.25) is 5.91 Å². The first-order valence-corrected chi connectivity index (χ1v) is 12.4. The molecule has 6 heteroatoms. The van der Waals surface area contributed by atoms with Gasteiger partial charge in [0, 0.05) is 19.5 Å². The van der Waals surface area contributed by atoms with Gasteiger partial charge in [0.05, 0.1) is 0 Å². The third-order valence-corrected chi connectivity index (χ3v) is 8.36. The highest BCUT2D eigenvalue weighted by molar-refractivity contribution is 6.06. The van der Waals surface area contributed by atoms with Crippen LogP contribution in [0.2, 0.25) is 0 Å². The lowest BCUT2D eigenvalue weighted by atomic mass is 9.71. The number of carbonyl (C=O) groups excluding carboxylic acids is 2. The smallest absolute Gasteiger partial charge is 0.257 e. The molecule has 4 aliphatic rings. The third-order valence-electron chi connectivity index (χ3n) is 8.36. The van der Waals surface area contributed by atoms with Crippen LogP contribution in [0.15, 0.2) is 4.99 Å². The molecule has 2 amide bonds. The molecule has 4 atom stereocenters. The molecule has 0 spiro atoms. The highest BCUT2D eigenvalue weighted by Crippen LogP contribution is 2.43. The average Bonchev–Trinajstić information content (AvgIpc) is 3.24. The van der Waals surface area contributed by atoms with Crippen LogP contribution in [-0.2, 0) is 9.59 Å².